The van der Waals surface area contributed by atoms with Crippen LogP contribution in [0.2, 0.25) is 5.02 Å². The van der Waals surface area contributed by atoms with Crippen LogP contribution in [-0.2, 0) is 9.59 Å². The molecular formula is C22H30ClN5O2S. The molecule has 9 heteroatoms. The Bertz CT molecular complexity index is 815. The normalized spacial score (nSPS) is 26.2. The van der Waals surface area contributed by atoms with E-state index in [1.807, 2.05) is 29.2 Å². The lowest BCUT2D eigenvalue weighted by Gasteiger charge is -2.37. The van der Waals surface area contributed by atoms with E-state index in [1.54, 1.807) is 0 Å². The molecule has 3 aliphatic heterocycles. The number of piperazine rings is 1. The fourth-order valence-corrected chi connectivity index (χ4v) is 5.24. The zero-order valence-electron chi connectivity index (χ0n) is 17.6. The smallest absolute Gasteiger partial charge is 0.237 e. The molecule has 0 radical (unpaired) electrons. The van der Waals surface area contributed by atoms with E-state index in [2.05, 4.69) is 20.9 Å². The van der Waals surface area contributed by atoms with E-state index >= 15 is 0 Å². The monoisotopic (exact) mass is 463 g/mol. The van der Waals surface area contributed by atoms with Gasteiger partial charge in [-0.25, -0.2) is 0 Å². The van der Waals surface area contributed by atoms with Crippen molar-refractivity contribution in [3.05, 3.63) is 29.3 Å². The summed E-state index contributed by atoms with van der Waals surface area (Å²) in [5, 5.41) is 10.8. The van der Waals surface area contributed by atoms with E-state index < -0.39 is 0 Å². The highest BCUT2D eigenvalue weighted by atomic mass is 35.5. The third kappa shape index (κ3) is 5.67. The van der Waals surface area contributed by atoms with Gasteiger partial charge in [-0.15, -0.1) is 0 Å². The van der Waals surface area contributed by atoms with Gasteiger partial charge >= 0.3 is 0 Å². The van der Waals surface area contributed by atoms with Gasteiger partial charge in [0.15, 0.2) is 5.11 Å². The van der Waals surface area contributed by atoms with Crippen LogP contribution >= 0.6 is 23.8 Å². The number of hydrogen-bond donors (Lipinski definition) is 3. The van der Waals surface area contributed by atoms with Crippen LogP contribution in [0.1, 0.15) is 38.5 Å². The number of nitrogens with one attached hydrogen (secondary N) is 3. The number of carbonyl (C=O) groups is 2. The maximum absolute atomic E-state index is 12.6. The lowest BCUT2D eigenvalue weighted by molar-refractivity contribution is -0.133. The average Bonchev–Trinajstić information content (AvgIpc) is 3.20. The van der Waals surface area contributed by atoms with E-state index in [9.17, 15) is 9.59 Å². The van der Waals surface area contributed by atoms with Crippen LogP contribution in [0.15, 0.2) is 24.3 Å². The van der Waals surface area contributed by atoms with Crippen molar-refractivity contribution in [1.82, 2.24) is 20.4 Å². The van der Waals surface area contributed by atoms with Gasteiger partial charge in [0.25, 0.3) is 0 Å². The summed E-state index contributed by atoms with van der Waals surface area (Å²) in [6.07, 6.45) is 5.44. The molecule has 1 aromatic carbocycles. The topological polar surface area (TPSA) is 76.7 Å². The molecule has 0 aliphatic carbocycles. The van der Waals surface area contributed by atoms with Gasteiger partial charge in [-0.1, -0.05) is 11.6 Å². The third-order valence-electron chi connectivity index (χ3n) is 6.46. The van der Waals surface area contributed by atoms with Gasteiger partial charge in [-0.3, -0.25) is 14.5 Å². The van der Waals surface area contributed by atoms with Gasteiger partial charge in [0.1, 0.15) is 0 Å². The fourth-order valence-electron chi connectivity index (χ4n) is 4.83. The molecule has 3 N–H and O–H groups in total. The van der Waals surface area contributed by atoms with Crippen LogP contribution in [-0.4, -0.2) is 71.0 Å². The second-order valence-corrected chi connectivity index (χ2v) is 9.47. The van der Waals surface area contributed by atoms with Crippen molar-refractivity contribution in [2.75, 3.05) is 31.5 Å². The average molecular weight is 464 g/mol. The summed E-state index contributed by atoms with van der Waals surface area (Å²) in [4.78, 5) is 29.3. The minimum atomic E-state index is -0.167. The van der Waals surface area contributed by atoms with E-state index in [4.69, 9.17) is 23.8 Å². The van der Waals surface area contributed by atoms with Crippen molar-refractivity contribution >= 4 is 46.4 Å². The lowest BCUT2D eigenvalue weighted by atomic mass is 10.0. The Labute approximate surface area is 193 Å². The molecule has 3 heterocycles. The van der Waals surface area contributed by atoms with Crippen LogP contribution in [0, 0.1) is 0 Å². The molecule has 0 unspecified atom stereocenters. The first kappa shape index (κ1) is 22.3. The molecule has 1 aromatic rings. The molecule has 3 saturated heterocycles. The van der Waals surface area contributed by atoms with Crippen LogP contribution in [0.3, 0.4) is 0 Å². The molecule has 3 atom stereocenters. The first-order chi connectivity index (χ1) is 15.0. The molecule has 7 nitrogen and oxygen atoms in total. The van der Waals surface area contributed by atoms with Crippen molar-refractivity contribution < 1.29 is 9.59 Å². The Morgan fingerprint density at radius 3 is 2.68 bits per heavy atom. The highest BCUT2D eigenvalue weighted by Crippen LogP contribution is 2.26. The molecule has 168 valence electrons. The Morgan fingerprint density at radius 2 is 1.94 bits per heavy atom. The maximum Gasteiger partial charge on any atom is 0.237 e. The third-order valence-corrected chi connectivity index (χ3v) is 6.93. The molecule has 31 heavy (non-hydrogen) atoms. The molecule has 3 fully saturated rings. The lowest BCUT2D eigenvalue weighted by Crippen LogP contribution is -2.58. The van der Waals surface area contributed by atoms with E-state index in [0.29, 0.717) is 29.5 Å². The Hall–Kier alpha value is -1.90. The molecule has 0 bridgehead atoms. The quantitative estimate of drug-likeness (QED) is 0.582. The number of halogens is 1. The van der Waals surface area contributed by atoms with E-state index in [1.165, 1.54) is 6.42 Å². The van der Waals surface area contributed by atoms with Crippen LogP contribution < -0.4 is 16.0 Å². The highest BCUT2D eigenvalue weighted by Gasteiger charge is 2.43. The molecular weight excluding hydrogens is 434 g/mol. The van der Waals surface area contributed by atoms with E-state index in [-0.39, 0.29) is 29.9 Å². The number of likely N-dealkylation sites (tertiary alicyclic amines) is 1. The summed E-state index contributed by atoms with van der Waals surface area (Å²) in [7, 11) is 0. The Morgan fingerprint density at radius 1 is 1.19 bits per heavy atom. The van der Waals surface area contributed by atoms with Gasteiger partial charge in [-0.2, -0.15) is 0 Å². The zero-order valence-corrected chi connectivity index (χ0v) is 19.2. The maximum atomic E-state index is 12.6. The molecule has 4 rings (SSSR count). The molecule has 0 saturated carbocycles. The number of benzene rings is 1. The largest absolute Gasteiger partial charge is 0.358 e. The first-order valence-corrected chi connectivity index (χ1v) is 11.9. The summed E-state index contributed by atoms with van der Waals surface area (Å²) in [5.41, 5.74) is 0.865. The number of hydrogen-bond acceptors (Lipinski definition) is 4. The highest BCUT2D eigenvalue weighted by molar-refractivity contribution is 7.80. The number of carbonyl (C=O) groups excluding carboxylic acids is 2. The summed E-state index contributed by atoms with van der Waals surface area (Å²) in [5.74, 6) is 0.315. The number of amides is 2. The predicted octanol–water partition coefficient (Wildman–Crippen LogP) is 2.36. The molecule has 2 amide bonds. The standard InChI is InChI=1S/C22H30ClN5O2S/c23-15-4-6-16(7-5-15)25-22(31)26-17-12-19-21(30)24-13-18(28(19)14-17)8-9-20(29)27-10-2-1-3-11-27/h4-7,17-19H,1-3,8-14H2,(H,24,30)(H2,25,26,31)/t17-,18-,19+/m1/s1. The van der Waals surface area contributed by atoms with Gasteiger partial charge < -0.3 is 20.9 Å². The number of nitrogens with zero attached hydrogens (tertiary/aromatic N) is 2. The second-order valence-electron chi connectivity index (χ2n) is 8.63. The number of piperidine rings is 1. The number of fused-ring (bicyclic) bond motifs is 1. The van der Waals surface area contributed by atoms with Crippen molar-refractivity contribution in [1.29, 1.82) is 0 Å². The van der Waals surface area contributed by atoms with Gasteiger partial charge in [0.05, 0.1) is 6.04 Å². The first-order valence-electron chi connectivity index (χ1n) is 11.1. The predicted molar refractivity (Wildman–Crippen MR) is 126 cm³/mol. The van der Waals surface area contributed by atoms with Gasteiger partial charge in [0, 0.05) is 55.4 Å². The minimum Gasteiger partial charge on any atom is -0.358 e. The van der Waals surface area contributed by atoms with Crippen LogP contribution in [0.25, 0.3) is 0 Å². The second kappa shape index (κ2) is 10.1. The van der Waals surface area contributed by atoms with Gasteiger partial charge in [-0.05, 0) is 68.6 Å². The summed E-state index contributed by atoms with van der Waals surface area (Å²) in [6.45, 7) is 3.11. The summed E-state index contributed by atoms with van der Waals surface area (Å²) >= 11 is 11.4. The van der Waals surface area contributed by atoms with Crippen molar-refractivity contribution in [3.63, 3.8) is 0 Å². The fraction of sp³-hybridized carbons (Fsp3) is 0.591. The number of thiocarbonyl (C=S) groups is 1. The van der Waals surface area contributed by atoms with Crippen molar-refractivity contribution in [2.45, 2.75) is 56.7 Å². The van der Waals surface area contributed by atoms with Crippen LogP contribution in [0.4, 0.5) is 5.69 Å². The van der Waals surface area contributed by atoms with Crippen molar-refractivity contribution in [2.24, 2.45) is 0 Å². The molecule has 0 spiro atoms. The van der Waals surface area contributed by atoms with Gasteiger partial charge in [0.2, 0.25) is 11.8 Å². The zero-order chi connectivity index (χ0) is 21.8. The van der Waals surface area contributed by atoms with E-state index in [0.717, 1.165) is 44.6 Å². The summed E-state index contributed by atoms with van der Waals surface area (Å²) < 4.78 is 0. The molecule has 3 aliphatic rings. The summed E-state index contributed by atoms with van der Waals surface area (Å²) in [6, 6.07) is 7.46. The Balaban J connectivity index is 1.29. The SMILES string of the molecule is O=C1NC[C@@H](CCC(=O)N2CCCCC2)N2C[C@H](NC(=S)Nc3ccc(Cl)cc3)C[C@@H]12. The number of anilines is 1. The Kier molecular flexibility index (Phi) is 7.30. The minimum absolute atomic E-state index is 0.0690. The molecule has 0 aromatic heterocycles. The van der Waals surface area contributed by atoms with Crippen LogP contribution in [0.5, 0.6) is 0 Å². The number of rotatable bonds is 5. The van der Waals surface area contributed by atoms with Crippen molar-refractivity contribution in [3.8, 4) is 0 Å².